The third-order valence-corrected chi connectivity index (χ3v) is 2.12. The molecule has 0 bridgehead atoms. The third kappa shape index (κ3) is 3.37. The molecule has 10 heavy (non-hydrogen) atoms. The molecule has 1 nitrogen and oxygen atoms in total. The molecule has 0 aliphatic heterocycles. The van der Waals surface area contributed by atoms with Crippen LogP contribution in [0.25, 0.3) is 0 Å². The van der Waals surface area contributed by atoms with E-state index in [1.54, 1.807) is 0 Å². The van der Waals surface area contributed by atoms with E-state index < -0.39 is 5.60 Å². The first-order valence-corrected chi connectivity index (χ1v) is 4.76. The molecular formula is C8H15BrO. The Labute approximate surface area is 71.3 Å². The molecule has 0 spiro atoms. The fourth-order valence-electron chi connectivity index (χ4n) is 0.750. The summed E-state index contributed by atoms with van der Waals surface area (Å²) >= 11 is 3.26. The van der Waals surface area contributed by atoms with E-state index in [2.05, 4.69) is 15.9 Å². The van der Waals surface area contributed by atoms with Crippen LogP contribution in [0.4, 0.5) is 0 Å². The van der Waals surface area contributed by atoms with E-state index in [9.17, 15) is 5.11 Å². The summed E-state index contributed by atoms with van der Waals surface area (Å²) in [7, 11) is 0. The average Bonchev–Trinajstić information content (AvgIpc) is 2.00. The molecule has 0 amide bonds. The van der Waals surface area contributed by atoms with Crippen molar-refractivity contribution < 1.29 is 5.11 Å². The highest BCUT2D eigenvalue weighted by Crippen LogP contribution is 2.15. The summed E-state index contributed by atoms with van der Waals surface area (Å²) in [5, 5.41) is 10.5. The molecule has 0 aromatic rings. The molecule has 0 heterocycles. The first-order valence-electron chi connectivity index (χ1n) is 3.64. The molecule has 0 aromatic heterocycles. The highest BCUT2D eigenvalue weighted by atomic mass is 79.9. The maximum atomic E-state index is 9.65. The van der Waals surface area contributed by atoms with Gasteiger partial charge in [0.1, 0.15) is 0 Å². The van der Waals surface area contributed by atoms with Crippen LogP contribution < -0.4 is 0 Å². The van der Waals surface area contributed by atoms with Crippen LogP contribution in [0.15, 0.2) is 12.2 Å². The first-order chi connectivity index (χ1) is 4.68. The van der Waals surface area contributed by atoms with Gasteiger partial charge in [0.15, 0.2) is 0 Å². The molecule has 0 radical (unpaired) electrons. The van der Waals surface area contributed by atoms with E-state index in [1.807, 2.05) is 26.0 Å². The number of halogens is 1. The van der Waals surface area contributed by atoms with Gasteiger partial charge in [0.2, 0.25) is 0 Å². The molecule has 0 aliphatic rings. The van der Waals surface area contributed by atoms with E-state index in [0.29, 0.717) is 0 Å². The number of hydrogen-bond donors (Lipinski definition) is 1. The van der Waals surface area contributed by atoms with E-state index in [0.717, 1.165) is 18.2 Å². The van der Waals surface area contributed by atoms with E-state index in [4.69, 9.17) is 0 Å². The smallest absolute Gasteiger partial charge is 0.0822 e. The van der Waals surface area contributed by atoms with Gasteiger partial charge >= 0.3 is 0 Å². The molecule has 0 aromatic carbocycles. The van der Waals surface area contributed by atoms with Gasteiger partial charge in [-0.2, -0.15) is 0 Å². The Balaban J connectivity index is 3.92. The van der Waals surface area contributed by atoms with E-state index in [-0.39, 0.29) is 0 Å². The van der Waals surface area contributed by atoms with Crippen molar-refractivity contribution in [3.8, 4) is 0 Å². The van der Waals surface area contributed by atoms with Crippen molar-refractivity contribution >= 4 is 15.9 Å². The minimum Gasteiger partial charge on any atom is -0.386 e. The Morgan fingerprint density at radius 3 is 2.20 bits per heavy atom. The van der Waals surface area contributed by atoms with Gasteiger partial charge in [0, 0.05) is 5.33 Å². The highest BCUT2D eigenvalue weighted by molar-refractivity contribution is 9.09. The van der Waals surface area contributed by atoms with Crippen LogP contribution in [-0.2, 0) is 0 Å². The summed E-state index contributed by atoms with van der Waals surface area (Å²) in [6.45, 7) is 3.98. The molecule has 0 saturated carbocycles. The van der Waals surface area contributed by atoms with Crippen molar-refractivity contribution in [3.63, 3.8) is 0 Å². The third-order valence-electron chi connectivity index (χ3n) is 1.74. The lowest BCUT2D eigenvalue weighted by molar-refractivity contribution is 0.0827. The fraction of sp³-hybridized carbons (Fsp3) is 0.750. The van der Waals surface area contributed by atoms with Gasteiger partial charge in [0.25, 0.3) is 0 Å². The summed E-state index contributed by atoms with van der Waals surface area (Å²) in [6.07, 6.45) is 5.37. The Kier molecular flexibility index (Phi) is 5.00. The van der Waals surface area contributed by atoms with Crippen LogP contribution in [0.2, 0.25) is 0 Å². The lowest BCUT2D eigenvalue weighted by Crippen LogP contribution is -2.22. The number of aliphatic hydroxyl groups is 1. The first kappa shape index (κ1) is 10.2. The normalized spacial score (nSPS) is 12.8. The van der Waals surface area contributed by atoms with Crippen molar-refractivity contribution in [2.24, 2.45) is 0 Å². The zero-order valence-corrected chi connectivity index (χ0v) is 8.19. The zero-order chi connectivity index (χ0) is 8.04. The van der Waals surface area contributed by atoms with Crippen LogP contribution >= 0.6 is 15.9 Å². The molecule has 0 atom stereocenters. The van der Waals surface area contributed by atoms with Crippen molar-refractivity contribution in [2.45, 2.75) is 32.3 Å². The zero-order valence-electron chi connectivity index (χ0n) is 6.60. The Hall–Kier alpha value is 0.180. The number of allylic oxidation sites excluding steroid dienone is 1. The number of rotatable bonds is 4. The van der Waals surface area contributed by atoms with Crippen LogP contribution in [0.3, 0.4) is 0 Å². The van der Waals surface area contributed by atoms with Gasteiger partial charge in [-0.3, -0.25) is 0 Å². The van der Waals surface area contributed by atoms with E-state index >= 15 is 0 Å². The number of alkyl halides is 1. The maximum Gasteiger partial charge on any atom is 0.0822 e. The lowest BCUT2D eigenvalue weighted by Gasteiger charge is -2.19. The Morgan fingerprint density at radius 2 is 1.90 bits per heavy atom. The number of hydrogen-bond acceptors (Lipinski definition) is 1. The van der Waals surface area contributed by atoms with Crippen molar-refractivity contribution in [2.75, 3.05) is 5.33 Å². The second-order valence-corrected chi connectivity index (χ2v) is 3.01. The summed E-state index contributed by atoms with van der Waals surface area (Å²) < 4.78 is 0. The Bertz CT molecular complexity index is 106. The molecule has 0 rings (SSSR count). The summed E-state index contributed by atoms with van der Waals surface area (Å²) in [5.74, 6) is 0. The largest absolute Gasteiger partial charge is 0.386 e. The minimum absolute atomic E-state index is 0.576. The predicted octanol–water partition coefficient (Wildman–Crippen LogP) is 2.49. The maximum absolute atomic E-state index is 9.65. The monoisotopic (exact) mass is 206 g/mol. The molecule has 0 aliphatic carbocycles. The predicted molar refractivity (Wildman–Crippen MR) is 48.5 cm³/mol. The summed E-state index contributed by atoms with van der Waals surface area (Å²) in [4.78, 5) is 0. The summed E-state index contributed by atoms with van der Waals surface area (Å²) in [5.41, 5.74) is -0.576. The summed E-state index contributed by atoms with van der Waals surface area (Å²) in [6, 6.07) is 0. The fourth-order valence-corrected chi connectivity index (χ4v) is 0.937. The molecule has 1 N–H and O–H groups in total. The molecule has 60 valence electrons. The van der Waals surface area contributed by atoms with Gasteiger partial charge in [-0.1, -0.05) is 41.9 Å². The minimum atomic E-state index is -0.576. The van der Waals surface area contributed by atoms with Crippen LogP contribution in [0.5, 0.6) is 0 Å². The van der Waals surface area contributed by atoms with Crippen molar-refractivity contribution in [3.05, 3.63) is 12.2 Å². The molecule has 0 unspecified atom stereocenters. The SMILES string of the molecule is CCC(O)(/C=C/CBr)CC. The van der Waals surface area contributed by atoms with Crippen LogP contribution in [-0.4, -0.2) is 16.0 Å². The van der Waals surface area contributed by atoms with Gasteiger partial charge in [0.05, 0.1) is 5.60 Å². The average molecular weight is 207 g/mol. The van der Waals surface area contributed by atoms with Crippen molar-refractivity contribution in [1.29, 1.82) is 0 Å². The molecule has 0 fully saturated rings. The van der Waals surface area contributed by atoms with Gasteiger partial charge in [-0.15, -0.1) is 0 Å². The second kappa shape index (κ2) is 4.91. The van der Waals surface area contributed by atoms with E-state index in [1.165, 1.54) is 0 Å². The van der Waals surface area contributed by atoms with Crippen molar-refractivity contribution in [1.82, 2.24) is 0 Å². The quantitative estimate of drug-likeness (QED) is 0.554. The van der Waals surface area contributed by atoms with Gasteiger partial charge < -0.3 is 5.11 Å². The standard InChI is InChI=1S/C8H15BrO/c1-3-8(10,4-2)6-5-7-9/h5-6,10H,3-4,7H2,1-2H3/b6-5+. The molecule has 2 heteroatoms. The molecule has 0 saturated heterocycles. The van der Waals surface area contributed by atoms with Gasteiger partial charge in [-0.05, 0) is 12.8 Å². The Morgan fingerprint density at radius 1 is 1.40 bits per heavy atom. The second-order valence-electron chi connectivity index (χ2n) is 2.37. The van der Waals surface area contributed by atoms with Gasteiger partial charge in [-0.25, -0.2) is 0 Å². The van der Waals surface area contributed by atoms with Crippen LogP contribution in [0, 0.1) is 0 Å². The highest BCUT2D eigenvalue weighted by Gasteiger charge is 2.16. The molecular weight excluding hydrogens is 192 g/mol. The van der Waals surface area contributed by atoms with Crippen LogP contribution in [0.1, 0.15) is 26.7 Å². The lowest BCUT2D eigenvalue weighted by atomic mass is 9.97. The topological polar surface area (TPSA) is 20.2 Å².